The fourth-order valence-electron chi connectivity index (χ4n) is 5.12. The molecule has 2 N–H and O–H groups in total. The van der Waals surface area contributed by atoms with E-state index in [2.05, 4.69) is 13.8 Å². The number of rotatable bonds is 31. The molecule has 6 heteroatoms. The van der Waals surface area contributed by atoms with Crippen molar-refractivity contribution < 1.29 is 23.9 Å². The Balaban J connectivity index is 3.50. The lowest BCUT2D eigenvalue weighted by Gasteiger charge is -2.10. The highest BCUT2D eigenvalue weighted by Gasteiger charge is 2.20. The third-order valence-corrected chi connectivity index (χ3v) is 7.92. The Hall–Kier alpha value is -1.43. The third kappa shape index (κ3) is 29.8. The number of hydrogen-bond donors (Lipinski definition) is 1. The van der Waals surface area contributed by atoms with Crippen molar-refractivity contribution in [3.8, 4) is 0 Å². The lowest BCUT2D eigenvalue weighted by molar-refractivity contribution is -0.160. The van der Waals surface area contributed by atoms with Gasteiger partial charge in [-0.05, 0) is 19.3 Å². The van der Waals surface area contributed by atoms with Gasteiger partial charge in [0.2, 0.25) is 0 Å². The number of esters is 3. The van der Waals surface area contributed by atoms with Crippen LogP contribution in [0.2, 0.25) is 0 Å². The van der Waals surface area contributed by atoms with E-state index in [1.807, 2.05) is 0 Å². The van der Waals surface area contributed by atoms with Gasteiger partial charge in [-0.3, -0.25) is 9.59 Å². The van der Waals surface area contributed by atoms with Crippen molar-refractivity contribution in [3.05, 3.63) is 0 Å². The summed E-state index contributed by atoms with van der Waals surface area (Å²) >= 11 is 0. The Kier molecular flexibility index (Phi) is 30.4. The summed E-state index contributed by atoms with van der Waals surface area (Å²) in [4.78, 5) is 35.9. The quantitative estimate of drug-likeness (QED) is 0.0497. The fourth-order valence-corrected chi connectivity index (χ4v) is 5.12. The molecule has 0 fully saturated rings. The molecule has 0 saturated carbocycles. The first-order valence-electron chi connectivity index (χ1n) is 17.7. The molecule has 41 heavy (non-hydrogen) atoms. The van der Waals surface area contributed by atoms with Gasteiger partial charge in [-0.1, -0.05) is 162 Å². The molecule has 0 heterocycles. The second kappa shape index (κ2) is 31.5. The monoisotopic (exact) mass is 582 g/mol. The average Bonchev–Trinajstić information content (AvgIpc) is 2.96. The van der Waals surface area contributed by atoms with Gasteiger partial charge in [0.1, 0.15) is 6.04 Å². The van der Waals surface area contributed by atoms with Gasteiger partial charge >= 0.3 is 17.9 Å². The van der Waals surface area contributed by atoms with Crippen LogP contribution in [0.1, 0.15) is 194 Å². The molecule has 1 atom stereocenters. The smallest absolute Gasteiger partial charge is 0.330 e. The fraction of sp³-hybridized carbons (Fsp3) is 0.914. The van der Waals surface area contributed by atoms with Crippen LogP contribution in [0.15, 0.2) is 0 Å². The van der Waals surface area contributed by atoms with Crippen molar-refractivity contribution in [2.75, 3.05) is 6.61 Å². The van der Waals surface area contributed by atoms with Crippen molar-refractivity contribution in [2.45, 2.75) is 200 Å². The number of unbranched alkanes of at least 4 members (excludes halogenated alkanes) is 23. The van der Waals surface area contributed by atoms with Gasteiger partial charge in [0.25, 0.3) is 0 Å². The number of hydrogen-bond acceptors (Lipinski definition) is 6. The second-order valence-corrected chi connectivity index (χ2v) is 12.0. The van der Waals surface area contributed by atoms with Gasteiger partial charge < -0.3 is 15.2 Å². The average molecular weight is 582 g/mol. The Labute approximate surface area is 253 Å². The number of nitrogens with two attached hydrogens (primary N) is 1. The molecule has 0 saturated heterocycles. The first-order chi connectivity index (χ1) is 20.0. The summed E-state index contributed by atoms with van der Waals surface area (Å²) in [7, 11) is 0. The highest BCUT2D eigenvalue weighted by atomic mass is 16.6. The molecule has 0 aromatic carbocycles. The van der Waals surface area contributed by atoms with Gasteiger partial charge in [0.15, 0.2) is 0 Å². The molecule has 0 aliphatic carbocycles. The van der Waals surface area contributed by atoms with Crippen LogP contribution in [0.4, 0.5) is 0 Å². The minimum absolute atomic E-state index is 0.0571. The van der Waals surface area contributed by atoms with E-state index in [9.17, 15) is 14.4 Å². The molecular weight excluding hydrogens is 514 g/mol. The maximum Gasteiger partial charge on any atom is 0.330 e. The molecule has 0 spiro atoms. The lowest BCUT2D eigenvalue weighted by atomic mass is 10.0. The molecule has 0 unspecified atom stereocenters. The largest absolute Gasteiger partial charge is 0.466 e. The molecular formula is C35H67NO5. The summed E-state index contributed by atoms with van der Waals surface area (Å²) in [5.74, 6) is -1.63. The Morgan fingerprint density at radius 2 is 0.854 bits per heavy atom. The Morgan fingerprint density at radius 1 is 0.488 bits per heavy atom. The highest BCUT2D eigenvalue weighted by Crippen LogP contribution is 2.14. The summed E-state index contributed by atoms with van der Waals surface area (Å²) in [6.07, 6.45) is 31.7. The van der Waals surface area contributed by atoms with Crippen LogP contribution in [0.25, 0.3) is 0 Å². The van der Waals surface area contributed by atoms with Crippen LogP contribution in [-0.4, -0.2) is 30.6 Å². The zero-order valence-corrected chi connectivity index (χ0v) is 27.2. The van der Waals surface area contributed by atoms with Crippen molar-refractivity contribution in [1.29, 1.82) is 0 Å². The highest BCUT2D eigenvalue weighted by molar-refractivity contribution is 5.88. The van der Waals surface area contributed by atoms with Gasteiger partial charge in [0, 0.05) is 12.8 Å². The topological polar surface area (TPSA) is 95.7 Å². The minimum Gasteiger partial charge on any atom is -0.466 e. The van der Waals surface area contributed by atoms with Gasteiger partial charge in [-0.15, -0.1) is 0 Å². The third-order valence-electron chi connectivity index (χ3n) is 7.92. The molecule has 0 aliphatic rings. The van der Waals surface area contributed by atoms with E-state index in [1.54, 1.807) is 0 Å². The van der Waals surface area contributed by atoms with Gasteiger partial charge in [-0.25, -0.2) is 4.79 Å². The molecule has 0 aromatic rings. The summed E-state index contributed by atoms with van der Waals surface area (Å²) < 4.78 is 10.1. The molecule has 6 nitrogen and oxygen atoms in total. The molecule has 0 rings (SSSR count). The summed E-state index contributed by atoms with van der Waals surface area (Å²) in [6.45, 7) is 4.90. The van der Waals surface area contributed by atoms with E-state index in [0.29, 0.717) is 6.61 Å². The van der Waals surface area contributed by atoms with Crippen LogP contribution in [0.5, 0.6) is 0 Å². The van der Waals surface area contributed by atoms with Crippen LogP contribution >= 0.6 is 0 Å². The van der Waals surface area contributed by atoms with Gasteiger partial charge in [0.05, 0.1) is 6.61 Å². The van der Waals surface area contributed by atoms with Crippen molar-refractivity contribution in [1.82, 2.24) is 0 Å². The maximum atomic E-state index is 12.0. The molecule has 0 radical (unpaired) electrons. The second-order valence-electron chi connectivity index (χ2n) is 12.0. The van der Waals surface area contributed by atoms with Crippen molar-refractivity contribution >= 4 is 17.9 Å². The lowest BCUT2D eigenvalue weighted by Crippen LogP contribution is -2.34. The summed E-state index contributed by atoms with van der Waals surface area (Å²) in [6, 6.07) is -0.981. The zero-order chi connectivity index (χ0) is 30.2. The van der Waals surface area contributed by atoms with Crippen LogP contribution in [0, 0.1) is 0 Å². The predicted molar refractivity (Wildman–Crippen MR) is 171 cm³/mol. The number of carbonyl (C=O) groups excluding carboxylic acids is 3. The van der Waals surface area contributed by atoms with E-state index in [0.717, 1.165) is 32.1 Å². The summed E-state index contributed by atoms with van der Waals surface area (Å²) in [5.41, 5.74) is 5.82. The standard InChI is InChI=1S/C35H67NO5/c1-3-5-7-9-11-13-14-15-16-17-18-19-21-23-25-27-31-40-33(37)30-29-32(36)35(39)41-34(38)28-26-24-22-20-12-10-8-6-4-2/h32H,3-31,36H2,1-2H3/t32-/m0/s1. The van der Waals surface area contributed by atoms with Crippen LogP contribution in [-0.2, 0) is 23.9 Å². The first-order valence-corrected chi connectivity index (χ1v) is 17.7. The Bertz CT molecular complexity index is 609. The van der Waals surface area contributed by atoms with Crippen molar-refractivity contribution in [2.24, 2.45) is 5.73 Å². The van der Waals surface area contributed by atoms with Crippen LogP contribution < -0.4 is 5.73 Å². The SMILES string of the molecule is CCCCCCCCCCCCCCCCCCOC(=O)CC[C@H](N)C(=O)OC(=O)CCCCCCCCCCC. The number of carbonyl (C=O) groups is 3. The zero-order valence-electron chi connectivity index (χ0n) is 27.2. The molecule has 0 bridgehead atoms. The predicted octanol–water partition coefficient (Wildman–Crippen LogP) is 9.89. The van der Waals surface area contributed by atoms with Crippen LogP contribution in [0.3, 0.4) is 0 Å². The Morgan fingerprint density at radius 3 is 1.27 bits per heavy atom. The molecule has 242 valence electrons. The van der Waals surface area contributed by atoms with E-state index >= 15 is 0 Å². The summed E-state index contributed by atoms with van der Waals surface area (Å²) in [5, 5.41) is 0. The molecule has 0 aliphatic heterocycles. The van der Waals surface area contributed by atoms with Gasteiger partial charge in [-0.2, -0.15) is 0 Å². The van der Waals surface area contributed by atoms with E-state index < -0.39 is 18.0 Å². The van der Waals surface area contributed by atoms with E-state index in [1.165, 1.54) is 128 Å². The molecule has 0 aromatic heterocycles. The molecule has 0 amide bonds. The maximum absolute atomic E-state index is 12.0. The van der Waals surface area contributed by atoms with E-state index in [4.69, 9.17) is 15.2 Å². The van der Waals surface area contributed by atoms with E-state index in [-0.39, 0.29) is 25.2 Å². The van der Waals surface area contributed by atoms with Crippen molar-refractivity contribution in [3.63, 3.8) is 0 Å². The number of ether oxygens (including phenoxy) is 2. The normalized spacial score (nSPS) is 11.9. The first kappa shape index (κ1) is 39.6. The minimum atomic E-state index is -0.981.